The molecule has 0 saturated carbocycles. The summed E-state index contributed by atoms with van der Waals surface area (Å²) in [5.74, 6) is -1.57. The number of hydrogen-bond acceptors (Lipinski definition) is 10. The largest absolute Gasteiger partial charge is 0.507 e. The van der Waals surface area contributed by atoms with Crippen LogP contribution in [0.3, 0.4) is 0 Å². The van der Waals surface area contributed by atoms with Crippen LogP contribution in [0.4, 0.5) is 5.13 Å². The van der Waals surface area contributed by atoms with Gasteiger partial charge in [-0.1, -0.05) is 36.8 Å². The van der Waals surface area contributed by atoms with Crippen LogP contribution < -0.4 is 19.1 Å². The monoisotopic (exact) mass is 566 g/mol. The van der Waals surface area contributed by atoms with Gasteiger partial charge in [0.05, 0.1) is 39.2 Å². The first-order chi connectivity index (χ1) is 19.3. The van der Waals surface area contributed by atoms with Gasteiger partial charge < -0.3 is 24.1 Å². The number of rotatable bonds is 10. The molecular weight excluding hydrogens is 536 g/mol. The van der Waals surface area contributed by atoms with Crippen LogP contribution in [0.2, 0.25) is 0 Å². The number of esters is 1. The minimum absolute atomic E-state index is 0.0913. The summed E-state index contributed by atoms with van der Waals surface area (Å²) in [5, 5.41) is 11.6. The number of ether oxygens (including phenoxy) is 4. The summed E-state index contributed by atoms with van der Waals surface area (Å²) in [6.07, 6.45) is 1.90. The summed E-state index contributed by atoms with van der Waals surface area (Å²) in [6, 6.07) is 10.5. The van der Waals surface area contributed by atoms with Crippen LogP contribution in [0.15, 0.2) is 48.0 Å². The molecule has 1 unspecified atom stereocenters. The highest BCUT2D eigenvalue weighted by Crippen LogP contribution is 2.48. The fourth-order valence-corrected chi connectivity index (χ4v) is 5.43. The standard InChI is InChI=1S/C29H30N2O8S/c1-6-7-15-39-18-13-11-17(12-14-18)23(32)21-22(19-9-8-10-20(36-3)25(19)37-4)31(27(34)24(21)33)29-30-16(2)26(40-29)28(35)38-5/h8-14,22,32H,6-7,15H2,1-5H3/b23-21+. The van der Waals surface area contributed by atoms with Crippen LogP contribution in [-0.4, -0.2) is 55.7 Å². The molecule has 4 rings (SSSR count). The maximum absolute atomic E-state index is 13.5. The van der Waals surface area contributed by atoms with E-state index < -0.39 is 23.7 Å². The molecule has 1 N–H and O–H groups in total. The topological polar surface area (TPSA) is 124 Å². The fraction of sp³-hybridized carbons (Fsp3) is 0.310. The SMILES string of the molecule is CCCCOc1ccc(/C(O)=C2\C(=O)C(=O)N(c3nc(C)c(C(=O)OC)s3)C2c2cccc(OC)c2OC)cc1. The number of thiazole rings is 1. The normalized spacial score (nSPS) is 16.2. The Labute approximate surface area is 235 Å². The number of aryl methyl sites for hydroxylation is 1. The van der Waals surface area contributed by atoms with Gasteiger partial charge in [-0.05, 0) is 43.7 Å². The molecule has 0 radical (unpaired) electrons. The Morgan fingerprint density at radius 1 is 1.07 bits per heavy atom. The van der Waals surface area contributed by atoms with E-state index in [1.807, 2.05) is 0 Å². The van der Waals surface area contributed by atoms with Crippen molar-refractivity contribution in [2.24, 2.45) is 0 Å². The lowest BCUT2D eigenvalue weighted by Gasteiger charge is -2.25. The molecule has 3 aromatic rings. The first kappa shape index (κ1) is 28.6. The van der Waals surface area contributed by atoms with Crippen molar-refractivity contribution >= 4 is 39.9 Å². The minimum atomic E-state index is -1.14. The highest BCUT2D eigenvalue weighted by atomic mass is 32.1. The number of carbonyl (C=O) groups is 3. The van der Waals surface area contributed by atoms with E-state index in [4.69, 9.17) is 18.9 Å². The number of unbranched alkanes of at least 4 members (excludes halogenated alkanes) is 1. The summed E-state index contributed by atoms with van der Waals surface area (Å²) in [7, 11) is 4.15. The smallest absolute Gasteiger partial charge is 0.350 e. The number of aromatic nitrogens is 1. The van der Waals surface area contributed by atoms with Crippen molar-refractivity contribution < 1.29 is 38.4 Å². The van der Waals surface area contributed by atoms with E-state index in [2.05, 4.69) is 11.9 Å². The number of Topliss-reactive ketones (excluding diaryl/α,β-unsaturated/α-hetero) is 1. The van der Waals surface area contributed by atoms with Gasteiger partial charge in [-0.2, -0.15) is 0 Å². The number of benzene rings is 2. The summed E-state index contributed by atoms with van der Waals surface area (Å²) >= 11 is 0.912. The molecule has 1 aliphatic rings. The highest BCUT2D eigenvalue weighted by Gasteiger charge is 2.49. The maximum atomic E-state index is 13.5. The lowest BCUT2D eigenvalue weighted by Crippen LogP contribution is -2.29. The van der Waals surface area contributed by atoms with E-state index in [0.717, 1.165) is 29.1 Å². The Morgan fingerprint density at radius 2 is 1.80 bits per heavy atom. The summed E-state index contributed by atoms with van der Waals surface area (Å²) < 4.78 is 21.6. The maximum Gasteiger partial charge on any atom is 0.350 e. The van der Waals surface area contributed by atoms with Crippen molar-refractivity contribution in [1.82, 2.24) is 4.98 Å². The molecule has 11 heteroatoms. The van der Waals surface area contributed by atoms with Crippen LogP contribution in [0, 0.1) is 6.92 Å². The number of anilines is 1. The fourth-order valence-electron chi connectivity index (χ4n) is 4.42. The third-order valence-corrected chi connectivity index (χ3v) is 7.57. The molecule has 1 aromatic heterocycles. The van der Waals surface area contributed by atoms with Crippen molar-refractivity contribution in [2.75, 3.05) is 32.8 Å². The molecule has 0 spiro atoms. The predicted octanol–water partition coefficient (Wildman–Crippen LogP) is 5.06. The van der Waals surface area contributed by atoms with Gasteiger partial charge in [0, 0.05) is 11.1 Å². The quantitative estimate of drug-likeness (QED) is 0.118. The number of amides is 1. The Bertz CT molecular complexity index is 1460. The lowest BCUT2D eigenvalue weighted by atomic mass is 9.94. The van der Waals surface area contributed by atoms with Crippen LogP contribution >= 0.6 is 11.3 Å². The minimum Gasteiger partial charge on any atom is -0.507 e. The van der Waals surface area contributed by atoms with Crippen molar-refractivity contribution in [2.45, 2.75) is 32.7 Å². The number of methoxy groups -OCH3 is 3. The van der Waals surface area contributed by atoms with Crippen molar-refractivity contribution in [1.29, 1.82) is 0 Å². The van der Waals surface area contributed by atoms with Crippen molar-refractivity contribution in [3.8, 4) is 17.2 Å². The lowest BCUT2D eigenvalue weighted by molar-refractivity contribution is -0.132. The average molecular weight is 567 g/mol. The van der Waals surface area contributed by atoms with Crippen LogP contribution in [0.5, 0.6) is 17.2 Å². The van der Waals surface area contributed by atoms with Gasteiger partial charge in [0.2, 0.25) is 0 Å². The van der Waals surface area contributed by atoms with Gasteiger partial charge in [0.25, 0.3) is 5.78 Å². The molecular formula is C29H30N2O8S. The van der Waals surface area contributed by atoms with Crippen molar-refractivity contribution in [3.05, 3.63) is 69.7 Å². The number of aliphatic hydroxyl groups is 1. The molecule has 1 saturated heterocycles. The third-order valence-electron chi connectivity index (χ3n) is 6.43. The molecule has 10 nitrogen and oxygen atoms in total. The molecule has 2 heterocycles. The Hall–Kier alpha value is -4.38. The van der Waals surface area contributed by atoms with Crippen LogP contribution in [0.1, 0.15) is 52.3 Å². The molecule has 1 amide bonds. The zero-order chi connectivity index (χ0) is 29.0. The molecule has 1 aliphatic heterocycles. The number of carbonyl (C=O) groups excluding carboxylic acids is 3. The van der Waals surface area contributed by atoms with Gasteiger partial charge in [-0.3, -0.25) is 14.5 Å². The second kappa shape index (κ2) is 12.2. The number of aliphatic hydroxyl groups excluding tert-OH is 1. The van der Waals surface area contributed by atoms with E-state index >= 15 is 0 Å². The Kier molecular flexibility index (Phi) is 8.73. The first-order valence-electron chi connectivity index (χ1n) is 12.6. The number of hydrogen-bond donors (Lipinski definition) is 1. The zero-order valence-corrected chi connectivity index (χ0v) is 23.7. The van der Waals surface area contributed by atoms with Gasteiger partial charge in [-0.15, -0.1) is 0 Å². The van der Waals surface area contributed by atoms with Gasteiger partial charge in [-0.25, -0.2) is 9.78 Å². The summed E-state index contributed by atoms with van der Waals surface area (Å²) in [6.45, 7) is 4.23. The second-order valence-corrected chi connectivity index (χ2v) is 9.86. The van der Waals surface area contributed by atoms with E-state index in [9.17, 15) is 19.5 Å². The molecule has 1 fully saturated rings. The van der Waals surface area contributed by atoms with Crippen molar-refractivity contribution in [3.63, 3.8) is 0 Å². The molecule has 40 heavy (non-hydrogen) atoms. The number of para-hydroxylation sites is 1. The number of ketones is 1. The number of nitrogens with zero attached hydrogens (tertiary/aromatic N) is 2. The summed E-state index contributed by atoms with van der Waals surface area (Å²) in [5.41, 5.74) is 0.875. The first-order valence-corrected chi connectivity index (χ1v) is 13.4. The third kappa shape index (κ3) is 5.24. The van der Waals surface area contributed by atoms with Crippen LogP contribution in [0.25, 0.3) is 5.76 Å². The average Bonchev–Trinajstić information content (AvgIpc) is 3.48. The van der Waals surface area contributed by atoms with Gasteiger partial charge in [0.1, 0.15) is 22.4 Å². The molecule has 0 bridgehead atoms. The predicted molar refractivity (Wildman–Crippen MR) is 149 cm³/mol. The van der Waals surface area contributed by atoms with E-state index in [0.29, 0.717) is 34.9 Å². The van der Waals surface area contributed by atoms with E-state index in [-0.39, 0.29) is 27.1 Å². The summed E-state index contributed by atoms with van der Waals surface area (Å²) in [4.78, 5) is 45.1. The zero-order valence-electron chi connectivity index (χ0n) is 22.8. The van der Waals surface area contributed by atoms with E-state index in [1.54, 1.807) is 49.4 Å². The Balaban J connectivity index is 1.90. The highest BCUT2D eigenvalue weighted by molar-refractivity contribution is 7.17. The van der Waals surface area contributed by atoms with E-state index in [1.165, 1.54) is 21.3 Å². The van der Waals surface area contributed by atoms with Gasteiger partial charge >= 0.3 is 11.9 Å². The molecule has 0 aliphatic carbocycles. The molecule has 1 atom stereocenters. The van der Waals surface area contributed by atoms with Crippen LogP contribution in [-0.2, 0) is 14.3 Å². The Morgan fingerprint density at radius 3 is 2.42 bits per heavy atom. The van der Waals surface area contributed by atoms with Gasteiger partial charge in [0.15, 0.2) is 16.6 Å². The molecule has 210 valence electrons. The second-order valence-electron chi connectivity index (χ2n) is 8.88. The molecule has 2 aromatic carbocycles.